The Bertz CT molecular complexity index is 1200. The van der Waals surface area contributed by atoms with E-state index in [1.165, 1.54) is 24.3 Å². The van der Waals surface area contributed by atoms with Gasteiger partial charge in [-0.2, -0.15) is 0 Å². The molecular formula is C18H13FN4O5. The number of nitro benzene ring substituents is 1. The normalized spacial score (nSPS) is 10.5. The molecule has 9 nitrogen and oxygen atoms in total. The van der Waals surface area contributed by atoms with Crippen LogP contribution in [-0.2, 0) is 0 Å². The van der Waals surface area contributed by atoms with E-state index in [1.54, 1.807) is 6.92 Å². The number of benzene rings is 2. The highest BCUT2D eigenvalue weighted by Gasteiger charge is 2.18. The first-order chi connectivity index (χ1) is 13.3. The Morgan fingerprint density at radius 3 is 2.50 bits per heavy atom. The van der Waals surface area contributed by atoms with Gasteiger partial charge in [-0.1, -0.05) is 6.07 Å². The van der Waals surface area contributed by atoms with E-state index < -0.39 is 33.5 Å². The third-order valence-electron chi connectivity index (χ3n) is 3.97. The highest BCUT2D eigenvalue weighted by molar-refractivity contribution is 6.04. The maximum Gasteiger partial charge on any atom is 0.333 e. The maximum atomic E-state index is 13.1. The van der Waals surface area contributed by atoms with E-state index in [1.807, 2.05) is 0 Å². The summed E-state index contributed by atoms with van der Waals surface area (Å²) in [4.78, 5) is 49.8. The van der Waals surface area contributed by atoms with Gasteiger partial charge in [-0.25, -0.2) is 13.8 Å². The molecule has 0 unspecified atom stereocenters. The van der Waals surface area contributed by atoms with Gasteiger partial charge in [-0.15, -0.1) is 0 Å². The number of H-pyrrole nitrogens is 1. The third kappa shape index (κ3) is 3.56. The lowest BCUT2D eigenvalue weighted by atomic mass is 10.2. The van der Waals surface area contributed by atoms with Crippen LogP contribution in [0.25, 0.3) is 5.69 Å². The summed E-state index contributed by atoms with van der Waals surface area (Å²) in [6.07, 6.45) is 0.947. The van der Waals surface area contributed by atoms with Crippen LogP contribution in [0.2, 0.25) is 0 Å². The number of amides is 1. The number of aromatic amines is 1. The van der Waals surface area contributed by atoms with Gasteiger partial charge in [0.15, 0.2) is 0 Å². The number of anilines is 1. The number of aromatic nitrogens is 2. The van der Waals surface area contributed by atoms with Crippen molar-refractivity contribution in [1.82, 2.24) is 9.55 Å². The molecule has 0 atom stereocenters. The Morgan fingerprint density at radius 1 is 1.18 bits per heavy atom. The molecule has 1 heterocycles. The topological polar surface area (TPSA) is 127 Å². The molecule has 1 amide bonds. The first-order valence-electron chi connectivity index (χ1n) is 7.95. The molecule has 0 fully saturated rings. The summed E-state index contributed by atoms with van der Waals surface area (Å²) in [5, 5.41) is 13.4. The number of nitrogens with zero attached hydrogens (tertiary/aromatic N) is 2. The van der Waals surface area contributed by atoms with Gasteiger partial charge in [0.05, 0.1) is 10.6 Å². The van der Waals surface area contributed by atoms with Crippen LogP contribution in [-0.4, -0.2) is 20.4 Å². The second-order valence-corrected chi connectivity index (χ2v) is 5.84. The summed E-state index contributed by atoms with van der Waals surface area (Å²) in [5.41, 5.74) is -1.72. The minimum Gasteiger partial charge on any atom is -0.322 e. The van der Waals surface area contributed by atoms with Crippen molar-refractivity contribution in [2.45, 2.75) is 6.92 Å². The summed E-state index contributed by atoms with van der Waals surface area (Å²) < 4.78 is 13.8. The van der Waals surface area contributed by atoms with Crippen molar-refractivity contribution in [2.75, 3.05) is 5.32 Å². The zero-order valence-electron chi connectivity index (χ0n) is 14.4. The van der Waals surface area contributed by atoms with Crippen molar-refractivity contribution < 1.29 is 14.1 Å². The van der Waals surface area contributed by atoms with Gasteiger partial charge in [0, 0.05) is 23.5 Å². The monoisotopic (exact) mass is 384 g/mol. The Hall–Kier alpha value is -4.08. The van der Waals surface area contributed by atoms with E-state index in [4.69, 9.17) is 0 Å². The zero-order chi connectivity index (χ0) is 20.4. The van der Waals surface area contributed by atoms with E-state index in [0.29, 0.717) is 10.1 Å². The lowest BCUT2D eigenvalue weighted by Crippen LogP contribution is -2.38. The van der Waals surface area contributed by atoms with Crippen LogP contribution >= 0.6 is 0 Å². The molecule has 3 rings (SSSR count). The molecular weight excluding hydrogens is 371 g/mol. The maximum absolute atomic E-state index is 13.1. The first kappa shape index (κ1) is 18.7. The Labute approximate surface area is 156 Å². The lowest BCUT2D eigenvalue weighted by Gasteiger charge is -2.08. The molecule has 0 bridgehead atoms. The van der Waals surface area contributed by atoms with Crippen LogP contribution in [0, 0.1) is 22.9 Å². The molecule has 28 heavy (non-hydrogen) atoms. The fraction of sp³-hybridized carbons (Fsp3) is 0.0556. The van der Waals surface area contributed by atoms with Gasteiger partial charge >= 0.3 is 5.69 Å². The Balaban J connectivity index is 2.00. The van der Waals surface area contributed by atoms with Crippen LogP contribution in [0.3, 0.4) is 0 Å². The number of carbonyl (C=O) groups is 1. The van der Waals surface area contributed by atoms with Crippen LogP contribution in [0.15, 0.2) is 58.3 Å². The van der Waals surface area contributed by atoms with E-state index in [9.17, 15) is 28.9 Å². The molecule has 0 aliphatic rings. The number of carbonyl (C=O) groups excluding carboxylic acids is 1. The second kappa shape index (κ2) is 7.27. The SMILES string of the molecule is Cc1ccc(NC(=O)c2c[nH]c(=O)n(-c3ccc(F)cc3)c2=O)cc1[N+](=O)[O-]. The standard InChI is InChI=1S/C18H13FN4O5/c1-10-2-5-12(8-15(10)23(27)28)21-16(24)14-9-20-18(26)22(17(14)25)13-6-3-11(19)4-7-13/h2-9H,1H3,(H,20,26)(H,21,24). The van der Waals surface area contributed by atoms with Gasteiger partial charge in [-0.05, 0) is 37.3 Å². The van der Waals surface area contributed by atoms with Crippen molar-refractivity contribution >= 4 is 17.3 Å². The predicted octanol–water partition coefficient (Wildman–Crippen LogP) is 2.13. The van der Waals surface area contributed by atoms with Gasteiger partial charge in [0.1, 0.15) is 11.4 Å². The molecule has 0 spiro atoms. The van der Waals surface area contributed by atoms with E-state index >= 15 is 0 Å². The molecule has 1 aromatic heterocycles. The summed E-state index contributed by atoms with van der Waals surface area (Å²) in [6.45, 7) is 1.55. The molecule has 0 radical (unpaired) electrons. The molecule has 2 N–H and O–H groups in total. The van der Waals surface area contributed by atoms with E-state index in [0.717, 1.165) is 24.4 Å². The van der Waals surface area contributed by atoms with E-state index in [2.05, 4.69) is 10.3 Å². The minimum atomic E-state index is -0.922. The molecule has 10 heteroatoms. The fourth-order valence-corrected chi connectivity index (χ4v) is 2.54. The fourth-order valence-electron chi connectivity index (χ4n) is 2.54. The van der Waals surface area contributed by atoms with Crippen molar-refractivity contribution in [3.05, 3.63) is 96.6 Å². The highest BCUT2D eigenvalue weighted by atomic mass is 19.1. The number of nitrogens with one attached hydrogen (secondary N) is 2. The number of nitro groups is 1. The van der Waals surface area contributed by atoms with Gasteiger partial charge in [0.25, 0.3) is 17.2 Å². The van der Waals surface area contributed by atoms with Crippen LogP contribution in [0.5, 0.6) is 0 Å². The minimum absolute atomic E-state index is 0.0771. The number of halogens is 1. The van der Waals surface area contributed by atoms with Gasteiger partial charge in [0.2, 0.25) is 0 Å². The third-order valence-corrected chi connectivity index (χ3v) is 3.97. The number of hydrogen-bond acceptors (Lipinski definition) is 5. The number of rotatable bonds is 4. The van der Waals surface area contributed by atoms with Gasteiger partial charge < -0.3 is 10.3 Å². The average molecular weight is 384 g/mol. The summed E-state index contributed by atoms with van der Waals surface area (Å²) >= 11 is 0. The predicted molar refractivity (Wildman–Crippen MR) is 98.4 cm³/mol. The lowest BCUT2D eigenvalue weighted by molar-refractivity contribution is -0.385. The molecule has 0 aliphatic heterocycles. The Kier molecular flexibility index (Phi) is 4.86. The molecule has 3 aromatic rings. The summed E-state index contributed by atoms with van der Waals surface area (Å²) in [6, 6.07) is 8.64. The molecule has 142 valence electrons. The summed E-state index contributed by atoms with van der Waals surface area (Å²) in [7, 11) is 0. The highest BCUT2D eigenvalue weighted by Crippen LogP contribution is 2.22. The first-order valence-corrected chi connectivity index (χ1v) is 7.95. The van der Waals surface area contributed by atoms with Crippen molar-refractivity contribution in [1.29, 1.82) is 0 Å². The molecule has 0 aliphatic carbocycles. The van der Waals surface area contributed by atoms with Crippen molar-refractivity contribution in [3.63, 3.8) is 0 Å². The molecule has 0 saturated carbocycles. The van der Waals surface area contributed by atoms with E-state index in [-0.39, 0.29) is 17.1 Å². The van der Waals surface area contributed by atoms with Crippen LogP contribution < -0.4 is 16.6 Å². The van der Waals surface area contributed by atoms with Crippen molar-refractivity contribution in [2.24, 2.45) is 0 Å². The number of aryl methyl sites for hydroxylation is 1. The summed E-state index contributed by atoms with van der Waals surface area (Å²) in [5.74, 6) is -1.42. The average Bonchev–Trinajstić information content (AvgIpc) is 2.64. The van der Waals surface area contributed by atoms with Crippen LogP contribution in [0.4, 0.5) is 15.8 Å². The Morgan fingerprint density at radius 2 is 1.86 bits per heavy atom. The number of hydrogen-bond donors (Lipinski definition) is 2. The second-order valence-electron chi connectivity index (χ2n) is 5.84. The largest absolute Gasteiger partial charge is 0.333 e. The quantitative estimate of drug-likeness (QED) is 0.526. The molecule has 0 saturated heterocycles. The van der Waals surface area contributed by atoms with Crippen LogP contribution in [0.1, 0.15) is 15.9 Å². The smallest absolute Gasteiger partial charge is 0.322 e. The zero-order valence-corrected chi connectivity index (χ0v) is 14.4. The molecule has 2 aromatic carbocycles. The van der Waals surface area contributed by atoms with Crippen molar-refractivity contribution in [3.8, 4) is 5.69 Å². The van der Waals surface area contributed by atoms with Gasteiger partial charge in [-0.3, -0.25) is 19.7 Å².